The summed E-state index contributed by atoms with van der Waals surface area (Å²) < 4.78 is 5.74. The summed E-state index contributed by atoms with van der Waals surface area (Å²) in [5.41, 5.74) is 6.81. The number of nitrogen functional groups attached to an aromatic ring is 1. The quantitative estimate of drug-likeness (QED) is 0.792. The second kappa shape index (κ2) is 7.12. The van der Waals surface area contributed by atoms with E-state index in [0.717, 1.165) is 5.75 Å². The van der Waals surface area contributed by atoms with Crippen molar-refractivity contribution in [3.05, 3.63) is 29.8 Å². The van der Waals surface area contributed by atoms with E-state index in [0.29, 0.717) is 17.7 Å². The number of anilines is 2. The molecule has 0 spiro atoms. The average molecular weight is 305 g/mol. The minimum absolute atomic E-state index is 0.0435. The summed E-state index contributed by atoms with van der Waals surface area (Å²) in [6.45, 7) is 4.53. The van der Waals surface area contributed by atoms with Crippen molar-refractivity contribution in [3.8, 4) is 5.75 Å². The zero-order chi connectivity index (χ0) is 15.2. The normalized spacial score (nSPS) is 12.0. The molecule has 6 nitrogen and oxygen atoms in total. The third-order valence-electron chi connectivity index (χ3n) is 2.68. The van der Waals surface area contributed by atoms with E-state index in [4.69, 9.17) is 10.5 Å². The molecule has 0 saturated heterocycles. The number of hydrogen-bond donors (Lipinski definition) is 2. The molecule has 2 rings (SSSR count). The number of ether oxygens (including phenoxy) is 1. The highest BCUT2D eigenvalue weighted by Gasteiger charge is 2.08. The number of nitrogens with two attached hydrogens (primary N) is 1. The third kappa shape index (κ3) is 4.78. The molecular formula is C14H19N5OS. The molecule has 2 aromatic rings. The van der Waals surface area contributed by atoms with Gasteiger partial charge >= 0.3 is 0 Å². The van der Waals surface area contributed by atoms with Gasteiger partial charge in [-0.15, -0.1) is 0 Å². The van der Waals surface area contributed by atoms with Crippen LogP contribution in [0.5, 0.6) is 5.75 Å². The van der Waals surface area contributed by atoms with Crippen molar-refractivity contribution in [2.24, 2.45) is 0 Å². The summed E-state index contributed by atoms with van der Waals surface area (Å²) in [6, 6.07) is 7.99. The first kappa shape index (κ1) is 15.4. The Balaban J connectivity index is 1.92. The summed E-state index contributed by atoms with van der Waals surface area (Å²) in [5.74, 6) is 1.53. The van der Waals surface area contributed by atoms with E-state index in [1.165, 1.54) is 17.3 Å². The topological polar surface area (TPSA) is 86.0 Å². The van der Waals surface area contributed by atoms with Crippen molar-refractivity contribution in [3.63, 3.8) is 0 Å². The van der Waals surface area contributed by atoms with E-state index >= 15 is 0 Å². The number of hydrogen-bond acceptors (Lipinski definition) is 7. The standard InChI is InChI=1S/C14H19N5OS/c1-9-5-4-6-11(7-9)20-8-10(2)16-13-17-12(15)18-14(19-13)21-3/h4-7,10H,8H2,1-3H3,(H3,15,16,17,18,19). The monoisotopic (exact) mass is 305 g/mol. The Hall–Kier alpha value is -2.02. The minimum atomic E-state index is 0.0435. The van der Waals surface area contributed by atoms with E-state index < -0.39 is 0 Å². The Morgan fingerprint density at radius 1 is 1.33 bits per heavy atom. The number of thioether (sulfide) groups is 1. The Labute approximate surface area is 128 Å². The number of nitrogens with one attached hydrogen (secondary N) is 1. The van der Waals surface area contributed by atoms with Gasteiger partial charge in [0.2, 0.25) is 11.9 Å². The number of rotatable bonds is 6. The first-order valence-corrected chi connectivity index (χ1v) is 7.81. The SMILES string of the molecule is CSc1nc(N)nc(NC(C)COc2cccc(C)c2)n1. The number of aromatic nitrogens is 3. The molecule has 7 heteroatoms. The second-order valence-electron chi connectivity index (χ2n) is 4.68. The van der Waals surface area contributed by atoms with E-state index in [2.05, 4.69) is 20.3 Å². The highest BCUT2D eigenvalue weighted by molar-refractivity contribution is 7.98. The van der Waals surface area contributed by atoms with Crippen LogP contribution in [-0.2, 0) is 0 Å². The number of aryl methyl sites for hydroxylation is 1. The first-order valence-electron chi connectivity index (χ1n) is 6.58. The van der Waals surface area contributed by atoms with Gasteiger partial charge in [0.05, 0.1) is 6.04 Å². The zero-order valence-corrected chi connectivity index (χ0v) is 13.1. The molecule has 1 aromatic heterocycles. The lowest BCUT2D eigenvalue weighted by atomic mass is 10.2. The van der Waals surface area contributed by atoms with Crippen LogP contribution in [-0.4, -0.2) is 33.9 Å². The van der Waals surface area contributed by atoms with Crippen LogP contribution >= 0.6 is 11.8 Å². The van der Waals surface area contributed by atoms with Crippen molar-refractivity contribution in [1.82, 2.24) is 15.0 Å². The highest BCUT2D eigenvalue weighted by Crippen LogP contribution is 2.14. The van der Waals surface area contributed by atoms with Gasteiger partial charge < -0.3 is 15.8 Å². The van der Waals surface area contributed by atoms with Crippen molar-refractivity contribution >= 4 is 23.7 Å². The maximum absolute atomic E-state index is 5.74. The fraction of sp³-hybridized carbons (Fsp3) is 0.357. The summed E-state index contributed by atoms with van der Waals surface area (Å²) in [4.78, 5) is 12.3. The van der Waals surface area contributed by atoms with Gasteiger partial charge in [0.1, 0.15) is 12.4 Å². The fourth-order valence-corrected chi connectivity index (χ4v) is 2.08. The molecule has 1 unspecified atom stereocenters. The third-order valence-corrected chi connectivity index (χ3v) is 3.23. The lowest BCUT2D eigenvalue weighted by Crippen LogP contribution is -2.25. The van der Waals surface area contributed by atoms with E-state index in [-0.39, 0.29) is 12.0 Å². The van der Waals surface area contributed by atoms with Gasteiger partial charge in [-0.1, -0.05) is 23.9 Å². The maximum atomic E-state index is 5.74. The van der Waals surface area contributed by atoms with Crippen molar-refractivity contribution in [1.29, 1.82) is 0 Å². The van der Waals surface area contributed by atoms with Crippen LogP contribution in [0.1, 0.15) is 12.5 Å². The summed E-state index contributed by atoms with van der Waals surface area (Å²) in [7, 11) is 0. The first-order chi connectivity index (χ1) is 10.1. The van der Waals surface area contributed by atoms with Gasteiger partial charge in [-0.2, -0.15) is 15.0 Å². The smallest absolute Gasteiger partial charge is 0.228 e. The maximum Gasteiger partial charge on any atom is 0.228 e. The number of nitrogens with zero attached hydrogens (tertiary/aromatic N) is 3. The molecule has 0 amide bonds. The fourth-order valence-electron chi connectivity index (χ4n) is 1.72. The van der Waals surface area contributed by atoms with Crippen LogP contribution in [0.25, 0.3) is 0 Å². The summed E-state index contributed by atoms with van der Waals surface area (Å²) in [5, 5.41) is 3.76. The van der Waals surface area contributed by atoms with Crippen LogP contribution in [0, 0.1) is 6.92 Å². The molecule has 1 atom stereocenters. The Morgan fingerprint density at radius 2 is 2.14 bits per heavy atom. The van der Waals surface area contributed by atoms with Gasteiger partial charge in [-0.25, -0.2) is 0 Å². The molecule has 1 aromatic carbocycles. The van der Waals surface area contributed by atoms with Gasteiger partial charge in [0, 0.05) is 0 Å². The Bertz CT molecular complexity index is 608. The molecule has 112 valence electrons. The van der Waals surface area contributed by atoms with Gasteiger partial charge in [0.15, 0.2) is 5.16 Å². The van der Waals surface area contributed by atoms with Gasteiger partial charge in [0.25, 0.3) is 0 Å². The minimum Gasteiger partial charge on any atom is -0.491 e. The molecule has 0 bridgehead atoms. The van der Waals surface area contributed by atoms with Gasteiger partial charge in [-0.05, 0) is 37.8 Å². The van der Waals surface area contributed by atoms with Crippen molar-refractivity contribution in [2.45, 2.75) is 25.0 Å². The number of benzene rings is 1. The predicted octanol–water partition coefficient (Wildman–Crippen LogP) is 2.36. The predicted molar refractivity (Wildman–Crippen MR) is 85.8 cm³/mol. The summed E-state index contributed by atoms with van der Waals surface area (Å²) in [6.07, 6.45) is 1.89. The molecule has 0 radical (unpaired) electrons. The second-order valence-corrected chi connectivity index (χ2v) is 5.45. The molecule has 21 heavy (non-hydrogen) atoms. The molecule has 0 aliphatic carbocycles. The lowest BCUT2D eigenvalue weighted by Gasteiger charge is -2.15. The average Bonchev–Trinajstić information content (AvgIpc) is 2.44. The molecule has 3 N–H and O–H groups in total. The summed E-state index contributed by atoms with van der Waals surface area (Å²) >= 11 is 1.42. The van der Waals surface area contributed by atoms with Crippen molar-refractivity contribution < 1.29 is 4.74 Å². The zero-order valence-electron chi connectivity index (χ0n) is 12.3. The van der Waals surface area contributed by atoms with Crippen LogP contribution in [0.15, 0.2) is 29.4 Å². The van der Waals surface area contributed by atoms with Gasteiger partial charge in [-0.3, -0.25) is 0 Å². The van der Waals surface area contributed by atoms with Crippen LogP contribution in [0.3, 0.4) is 0 Å². The van der Waals surface area contributed by atoms with Crippen LogP contribution < -0.4 is 15.8 Å². The molecule has 0 saturated carbocycles. The van der Waals surface area contributed by atoms with Crippen LogP contribution in [0.4, 0.5) is 11.9 Å². The van der Waals surface area contributed by atoms with E-state index in [9.17, 15) is 0 Å². The molecule has 0 aliphatic heterocycles. The largest absolute Gasteiger partial charge is 0.491 e. The molecule has 0 fully saturated rings. The van der Waals surface area contributed by atoms with E-state index in [1.54, 1.807) is 0 Å². The Morgan fingerprint density at radius 3 is 2.86 bits per heavy atom. The molecular weight excluding hydrogens is 286 g/mol. The van der Waals surface area contributed by atoms with Crippen molar-refractivity contribution in [2.75, 3.05) is 23.9 Å². The molecule has 0 aliphatic rings. The highest BCUT2D eigenvalue weighted by atomic mass is 32.2. The van der Waals surface area contributed by atoms with E-state index in [1.807, 2.05) is 44.4 Å². The Kier molecular flexibility index (Phi) is 5.21. The lowest BCUT2D eigenvalue weighted by molar-refractivity contribution is 0.303. The van der Waals surface area contributed by atoms with Crippen LogP contribution in [0.2, 0.25) is 0 Å². The molecule has 1 heterocycles.